The summed E-state index contributed by atoms with van der Waals surface area (Å²) in [7, 11) is 0. The molecular weight excluding hydrogens is 174 g/mol. The molecule has 3 nitrogen and oxygen atoms in total. The van der Waals surface area contributed by atoms with E-state index >= 15 is 0 Å². The molecule has 14 heavy (non-hydrogen) atoms. The minimum atomic E-state index is 0.586. The van der Waals surface area contributed by atoms with Crippen molar-refractivity contribution in [1.82, 2.24) is 14.6 Å². The van der Waals surface area contributed by atoms with Crippen molar-refractivity contribution >= 4 is 5.65 Å². The van der Waals surface area contributed by atoms with E-state index in [4.69, 9.17) is 6.42 Å². The monoisotopic (exact) mass is 183 g/mol. The quantitative estimate of drug-likeness (QED) is 0.628. The molecule has 0 atom stereocenters. The highest BCUT2D eigenvalue weighted by Gasteiger charge is 2.23. The largest absolute Gasteiger partial charge is 0.275 e. The predicted molar refractivity (Wildman–Crippen MR) is 52.9 cm³/mol. The number of terminal acetylenes is 1. The first kappa shape index (κ1) is 7.57. The summed E-state index contributed by atoms with van der Waals surface area (Å²) < 4.78 is 1.88. The lowest BCUT2D eigenvalue weighted by molar-refractivity contribution is 1.03. The van der Waals surface area contributed by atoms with Crippen molar-refractivity contribution in [2.24, 2.45) is 0 Å². The Kier molecular flexibility index (Phi) is 1.40. The number of hydrogen-bond donors (Lipinski definition) is 0. The van der Waals surface area contributed by atoms with E-state index in [1.54, 1.807) is 0 Å². The minimum Gasteiger partial charge on any atom is -0.275 e. The second kappa shape index (κ2) is 2.58. The van der Waals surface area contributed by atoms with Gasteiger partial charge in [0.05, 0.1) is 0 Å². The fraction of sp³-hybridized carbons (Fsp3) is 0.273. The van der Waals surface area contributed by atoms with Gasteiger partial charge in [0, 0.05) is 6.20 Å². The van der Waals surface area contributed by atoms with Crippen LogP contribution in [0, 0.1) is 12.3 Å². The third-order valence-electron chi connectivity index (χ3n) is 2.60. The van der Waals surface area contributed by atoms with Crippen LogP contribution in [-0.4, -0.2) is 14.6 Å². The maximum absolute atomic E-state index is 5.33. The molecule has 3 heteroatoms. The van der Waals surface area contributed by atoms with Gasteiger partial charge in [0.25, 0.3) is 0 Å². The third kappa shape index (κ3) is 1.01. The zero-order valence-electron chi connectivity index (χ0n) is 7.64. The van der Waals surface area contributed by atoms with Gasteiger partial charge >= 0.3 is 0 Å². The Morgan fingerprint density at radius 3 is 2.93 bits per heavy atom. The first-order valence-corrected chi connectivity index (χ1v) is 4.70. The number of rotatable bonds is 1. The Labute approximate surface area is 81.8 Å². The van der Waals surface area contributed by atoms with E-state index in [2.05, 4.69) is 28.4 Å². The van der Waals surface area contributed by atoms with Crippen LogP contribution in [0.2, 0.25) is 0 Å². The van der Waals surface area contributed by atoms with Gasteiger partial charge in [-0.25, -0.2) is 0 Å². The van der Waals surface area contributed by atoms with Crippen LogP contribution >= 0.6 is 0 Å². The average Bonchev–Trinajstić information content (AvgIpc) is 2.98. The zero-order chi connectivity index (χ0) is 9.54. The van der Waals surface area contributed by atoms with Crippen molar-refractivity contribution in [2.45, 2.75) is 18.8 Å². The highest BCUT2D eigenvalue weighted by molar-refractivity contribution is 5.43. The predicted octanol–water partition coefficient (Wildman–Crippen LogP) is 1.59. The number of hydrogen-bond acceptors (Lipinski definition) is 2. The summed E-state index contributed by atoms with van der Waals surface area (Å²) in [5.41, 5.74) is 2.16. The summed E-state index contributed by atoms with van der Waals surface area (Å²) in [6.07, 6.45) is 9.97. The SMILES string of the molecule is C#Cc1nnc2ccc(C3CC3)cn12. The molecule has 2 aromatic heterocycles. The summed E-state index contributed by atoms with van der Waals surface area (Å²) in [4.78, 5) is 0. The Hall–Kier alpha value is -1.82. The average molecular weight is 183 g/mol. The number of fused-ring (bicyclic) bond motifs is 1. The van der Waals surface area contributed by atoms with E-state index in [-0.39, 0.29) is 0 Å². The second-order valence-corrected chi connectivity index (χ2v) is 3.63. The van der Waals surface area contributed by atoms with Gasteiger partial charge in [-0.1, -0.05) is 6.07 Å². The first-order valence-electron chi connectivity index (χ1n) is 4.70. The number of aromatic nitrogens is 3. The van der Waals surface area contributed by atoms with Gasteiger partial charge in [0.1, 0.15) is 0 Å². The Morgan fingerprint density at radius 1 is 1.36 bits per heavy atom. The molecule has 0 aliphatic heterocycles. The molecule has 0 bridgehead atoms. The molecule has 0 spiro atoms. The summed E-state index contributed by atoms with van der Waals surface area (Å²) in [6, 6.07) is 4.09. The van der Waals surface area contributed by atoms with Crippen LogP contribution in [-0.2, 0) is 0 Å². The smallest absolute Gasteiger partial charge is 0.212 e. The molecule has 1 fully saturated rings. The van der Waals surface area contributed by atoms with Crippen LogP contribution in [0.15, 0.2) is 18.3 Å². The van der Waals surface area contributed by atoms with E-state index in [0.717, 1.165) is 11.6 Å². The van der Waals surface area contributed by atoms with Gasteiger partial charge in [0.15, 0.2) is 5.65 Å². The molecule has 0 saturated heterocycles. The fourth-order valence-electron chi connectivity index (χ4n) is 1.66. The Balaban J connectivity index is 2.24. The molecule has 0 radical (unpaired) electrons. The van der Waals surface area contributed by atoms with Crippen molar-refractivity contribution < 1.29 is 0 Å². The maximum Gasteiger partial charge on any atom is 0.212 e. The van der Waals surface area contributed by atoms with Crippen molar-refractivity contribution in [3.63, 3.8) is 0 Å². The summed E-state index contributed by atoms with van der Waals surface area (Å²) in [5.74, 6) is 3.84. The van der Waals surface area contributed by atoms with Crippen molar-refractivity contribution in [3.05, 3.63) is 29.7 Å². The van der Waals surface area contributed by atoms with E-state index in [1.165, 1.54) is 18.4 Å². The van der Waals surface area contributed by atoms with E-state index in [1.807, 2.05) is 10.5 Å². The summed E-state index contributed by atoms with van der Waals surface area (Å²) in [6.45, 7) is 0. The van der Waals surface area contributed by atoms with Crippen LogP contribution in [0.3, 0.4) is 0 Å². The second-order valence-electron chi connectivity index (χ2n) is 3.63. The van der Waals surface area contributed by atoms with Gasteiger partial charge in [-0.05, 0) is 36.3 Å². The molecule has 0 unspecified atom stereocenters. The highest BCUT2D eigenvalue weighted by Crippen LogP contribution is 2.39. The molecule has 68 valence electrons. The zero-order valence-corrected chi connectivity index (χ0v) is 7.64. The highest BCUT2D eigenvalue weighted by atomic mass is 15.2. The first-order chi connectivity index (χ1) is 6.88. The van der Waals surface area contributed by atoms with Gasteiger partial charge in [0.2, 0.25) is 5.82 Å². The van der Waals surface area contributed by atoms with E-state index in [9.17, 15) is 0 Å². The molecule has 1 saturated carbocycles. The van der Waals surface area contributed by atoms with Crippen molar-refractivity contribution in [1.29, 1.82) is 0 Å². The molecule has 0 N–H and O–H groups in total. The molecule has 0 aromatic carbocycles. The molecule has 3 rings (SSSR count). The molecule has 1 aliphatic carbocycles. The van der Waals surface area contributed by atoms with Crippen LogP contribution in [0.25, 0.3) is 5.65 Å². The van der Waals surface area contributed by atoms with E-state index in [0.29, 0.717) is 5.82 Å². The summed E-state index contributed by atoms with van der Waals surface area (Å²) in [5, 5.41) is 7.89. The summed E-state index contributed by atoms with van der Waals surface area (Å²) >= 11 is 0. The number of pyridine rings is 1. The lowest BCUT2D eigenvalue weighted by atomic mass is 10.2. The molecular formula is C11H9N3. The maximum atomic E-state index is 5.33. The topological polar surface area (TPSA) is 30.2 Å². The molecule has 1 aliphatic rings. The van der Waals surface area contributed by atoms with Gasteiger partial charge in [-0.2, -0.15) is 0 Å². The third-order valence-corrected chi connectivity index (χ3v) is 2.60. The normalized spacial score (nSPS) is 15.6. The van der Waals surface area contributed by atoms with Crippen molar-refractivity contribution in [2.75, 3.05) is 0 Å². The molecule has 2 heterocycles. The molecule has 0 amide bonds. The van der Waals surface area contributed by atoms with E-state index < -0.39 is 0 Å². The fourth-order valence-corrected chi connectivity index (χ4v) is 1.66. The molecule has 2 aromatic rings. The lowest BCUT2D eigenvalue weighted by Crippen LogP contribution is -1.91. The standard InChI is InChI=1S/C11H9N3/c1-2-10-12-13-11-6-5-9(7-14(10)11)8-3-4-8/h1,5-8H,3-4H2. The lowest BCUT2D eigenvalue weighted by Gasteiger charge is -1.98. The van der Waals surface area contributed by atoms with Crippen LogP contribution in [0.4, 0.5) is 0 Å². The Morgan fingerprint density at radius 2 is 2.21 bits per heavy atom. The van der Waals surface area contributed by atoms with Crippen molar-refractivity contribution in [3.8, 4) is 12.3 Å². The minimum absolute atomic E-state index is 0.586. The van der Waals surface area contributed by atoms with Crippen LogP contribution < -0.4 is 0 Å². The van der Waals surface area contributed by atoms with Gasteiger partial charge < -0.3 is 0 Å². The van der Waals surface area contributed by atoms with Crippen LogP contribution in [0.5, 0.6) is 0 Å². The van der Waals surface area contributed by atoms with Gasteiger partial charge in [-0.3, -0.25) is 4.40 Å². The van der Waals surface area contributed by atoms with Crippen LogP contribution in [0.1, 0.15) is 30.1 Å². The van der Waals surface area contributed by atoms with Gasteiger partial charge in [-0.15, -0.1) is 16.6 Å². The number of nitrogens with zero attached hydrogens (tertiary/aromatic N) is 3. The Bertz CT molecular complexity index is 529.